The Kier molecular flexibility index (Phi) is 7.50. The highest BCUT2D eigenvalue weighted by Gasteiger charge is 2.28. The second kappa shape index (κ2) is 10.1. The first-order valence-corrected chi connectivity index (χ1v) is 12.0. The SMILES string of the molecule is C#CCN(CC(=O)Nc1cccc(S(=O)(=O)N(CC)CC)c1)C1CCc2ccccc21. The van der Waals surface area contributed by atoms with Crippen LogP contribution in [0.4, 0.5) is 5.69 Å². The van der Waals surface area contributed by atoms with Gasteiger partial charge in [0, 0.05) is 24.8 Å². The lowest BCUT2D eigenvalue weighted by Gasteiger charge is -2.27. The number of rotatable bonds is 9. The molecule has 0 bridgehead atoms. The molecule has 0 fully saturated rings. The summed E-state index contributed by atoms with van der Waals surface area (Å²) >= 11 is 0. The van der Waals surface area contributed by atoms with Crippen molar-refractivity contribution in [3.8, 4) is 12.3 Å². The Bertz CT molecular complexity index is 1070. The van der Waals surface area contributed by atoms with Crippen LogP contribution in [0.5, 0.6) is 0 Å². The molecular formula is C24H29N3O3S. The zero-order valence-electron chi connectivity index (χ0n) is 18.0. The van der Waals surface area contributed by atoms with Gasteiger partial charge in [0.1, 0.15) is 0 Å². The van der Waals surface area contributed by atoms with Gasteiger partial charge in [-0.25, -0.2) is 8.42 Å². The van der Waals surface area contributed by atoms with E-state index in [2.05, 4.69) is 23.4 Å². The second-order valence-electron chi connectivity index (χ2n) is 7.53. The molecule has 1 amide bonds. The van der Waals surface area contributed by atoms with E-state index in [1.165, 1.54) is 21.5 Å². The van der Waals surface area contributed by atoms with Gasteiger partial charge in [-0.2, -0.15) is 4.31 Å². The lowest BCUT2D eigenvalue weighted by Crippen LogP contribution is -2.36. The van der Waals surface area contributed by atoms with E-state index in [4.69, 9.17) is 6.42 Å². The van der Waals surface area contributed by atoms with Crippen molar-refractivity contribution in [3.05, 3.63) is 59.7 Å². The Morgan fingerprint density at radius 1 is 1.16 bits per heavy atom. The molecule has 31 heavy (non-hydrogen) atoms. The van der Waals surface area contributed by atoms with E-state index in [1.54, 1.807) is 32.0 Å². The maximum atomic E-state index is 12.8. The molecule has 0 heterocycles. The Morgan fingerprint density at radius 2 is 1.90 bits per heavy atom. The lowest BCUT2D eigenvalue weighted by molar-refractivity contribution is -0.117. The number of sulfonamides is 1. The van der Waals surface area contributed by atoms with Crippen LogP contribution in [0.25, 0.3) is 0 Å². The van der Waals surface area contributed by atoms with Crippen molar-refractivity contribution >= 4 is 21.6 Å². The quantitative estimate of drug-likeness (QED) is 0.609. The molecule has 0 aliphatic heterocycles. The summed E-state index contributed by atoms with van der Waals surface area (Å²) in [6.07, 6.45) is 7.46. The van der Waals surface area contributed by atoms with Crippen LogP contribution in [-0.4, -0.2) is 49.7 Å². The molecule has 0 saturated carbocycles. The summed E-state index contributed by atoms with van der Waals surface area (Å²) in [5, 5.41) is 2.83. The van der Waals surface area contributed by atoms with Gasteiger partial charge in [-0.05, 0) is 42.2 Å². The maximum Gasteiger partial charge on any atom is 0.243 e. The number of hydrogen-bond donors (Lipinski definition) is 1. The number of hydrogen-bond acceptors (Lipinski definition) is 4. The third-order valence-corrected chi connectivity index (χ3v) is 7.69. The molecule has 1 atom stereocenters. The van der Waals surface area contributed by atoms with Gasteiger partial charge in [0.05, 0.1) is 18.0 Å². The van der Waals surface area contributed by atoms with Crippen LogP contribution in [0.1, 0.15) is 37.4 Å². The first-order chi connectivity index (χ1) is 14.9. The smallest absolute Gasteiger partial charge is 0.243 e. The van der Waals surface area contributed by atoms with Gasteiger partial charge in [-0.1, -0.05) is 50.1 Å². The fourth-order valence-corrected chi connectivity index (χ4v) is 5.64. The van der Waals surface area contributed by atoms with Crippen molar-refractivity contribution in [1.82, 2.24) is 9.21 Å². The minimum Gasteiger partial charge on any atom is -0.325 e. The predicted octanol–water partition coefficient (Wildman–Crippen LogP) is 3.28. The van der Waals surface area contributed by atoms with Crippen LogP contribution in [0.2, 0.25) is 0 Å². The number of anilines is 1. The van der Waals surface area contributed by atoms with Crippen LogP contribution in [0.3, 0.4) is 0 Å². The van der Waals surface area contributed by atoms with E-state index in [0.717, 1.165) is 12.8 Å². The lowest BCUT2D eigenvalue weighted by atomic mass is 10.1. The largest absolute Gasteiger partial charge is 0.325 e. The molecule has 1 unspecified atom stereocenters. The summed E-state index contributed by atoms with van der Waals surface area (Å²) in [7, 11) is -3.59. The van der Waals surface area contributed by atoms with Gasteiger partial charge in [0.2, 0.25) is 15.9 Å². The zero-order valence-corrected chi connectivity index (χ0v) is 18.9. The molecule has 6 nitrogen and oxygen atoms in total. The number of aryl methyl sites for hydroxylation is 1. The fraction of sp³-hybridized carbons (Fsp3) is 0.375. The first kappa shape index (κ1) is 23.0. The van der Waals surface area contributed by atoms with Crippen molar-refractivity contribution in [1.29, 1.82) is 0 Å². The van der Waals surface area contributed by atoms with Gasteiger partial charge in [0.25, 0.3) is 0 Å². The van der Waals surface area contributed by atoms with Crippen LogP contribution < -0.4 is 5.32 Å². The monoisotopic (exact) mass is 439 g/mol. The summed E-state index contributed by atoms with van der Waals surface area (Å²) < 4.78 is 26.9. The molecule has 0 radical (unpaired) electrons. The minimum absolute atomic E-state index is 0.104. The number of fused-ring (bicyclic) bond motifs is 1. The average Bonchev–Trinajstić information content (AvgIpc) is 3.18. The predicted molar refractivity (Wildman–Crippen MR) is 123 cm³/mol. The Balaban J connectivity index is 1.73. The second-order valence-corrected chi connectivity index (χ2v) is 9.47. The highest BCUT2D eigenvalue weighted by molar-refractivity contribution is 7.89. The molecule has 2 aromatic rings. The summed E-state index contributed by atoms with van der Waals surface area (Å²) in [4.78, 5) is 15.0. The first-order valence-electron chi connectivity index (χ1n) is 10.6. The third-order valence-electron chi connectivity index (χ3n) is 5.64. The topological polar surface area (TPSA) is 69.7 Å². The van der Waals surface area contributed by atoms with Crippen molar-refractivity contribution in [2.75, 3.05) is 31.5 Å². The normalized spacial score (nSPS) is 15.6. The molecule has 1 aliphatic rings. The Labute approximate surface area is 185 Å². The van der Waals surface area contributed by atoms with Gasteiger partial charge in [0.15, 0.2) is 0 Å². The molecule has 2 aromatic carbocycles. The van der Waals surface area contributed by atoms with Crippen LogP contribution in [0, 0.1) is 12.3 Å². The minimum atomic E-state index is -3.59. The number of amides is 1. The fourth-order valence-electron chi connectivity index (χ4n) is 4.14. The molecule has 1 N–H and O–H groups in total. The zero-order chi connectivity index (χ0) is 22.4. The molecular weight excluding hydrogens is 410 g/mol. The van der Waals surface area contributed by atoms with E-state index >= 15 is 0 Å². The van der Waals surface area contributed by atoms with Crippen molar-refractivity contribution in [2.24, 2.45) is 0 Å². The summed E-state index contributed by atoms with van der Waals surface area (Å²) in [5.74, 6) is 2.44. The number of benzene rings is 2. The highest BCUT2D eigenvalue weighted by atomic mass is 32.2. The van der Waals surface area contributed by atoms with Gasteiger partial charge >= 0.3 is 0 Å². The average molecular weight is 440 g/mol. The molecule has 3 rings (SSSR count). The van der Waals surface area contributed by atoms with E-state index < -0.39 is 10.0 Å². The van der Waals surface area contributed by atoms with Gasteiger partial charge < -0.3 is 5.32 Å². The number of carbonyl (C=O) groups is 1. The van der Waals surface area contributed by atoms with Gasteiger partial charge in [-0.3, -0.25) is 9.69 Å². The van der Waals surface area contributed by atoms with E-state index in [1.807, 2.05) is 17.0 Å². The van der Waals surface area contributed by atoms with Crippen LogP contribution in [0.15, 0.2) is 53.4 Å². The van der Waals surface area contributed by atoms with Gasteiger partial charge in [-0.15, -0.1) is 6.42 Å². The summed E-state index contributed by atoms with van der Waals surface area (Å²) in [6.45, 7) is 4.87. The third kappa shape index (κ3) is 5.16. The maximum absolute atomic E-state index is 12.8. The Hall–Kier alpha value is -2.66. The van der Waals surface area contributed by atoms with E-state index in [9.17, 15) is 13.2 Å². The number of nitrogens with one attached hydrogen (secondary N) is 1. The number of nitrogens with zero attached hydrogens (tertiary/aromatic N) is 2. The summed E-state index contributed by atoms with van der Waals surface area (Å²) in [6, 6.07) is 14.7. The van der Waals surface area contributed by atoms with Crippen LogP contribution >= 0.6 is 0 Å². The van der Waals surface area contributed by atoms with E-state index in [0.29, 0.717) is 25.3 Å². The molecule has 0 spiro atoms. The number of carbonyl (C=O) groups excluding carboxylic acids is 1. The van der Waals surface area contributed by atoms with E-state index in [-0.39, 0.29) is 23.4 Å². The standard InChI is InChI=1S/C24H29N3O3S/c1-4-16-26(23-15-14-19-10-7-8-13-22(19)23)18-24(28)25-20-11-9-12-21(17-20)31(29,30)27(5-2)6-3/h1,7-13,17,23H,5-6,14-16,18H2,2-3H3,(H,25,28). The Morgan fingerprint density at radius 3 is 2.61 bits per heavy atom. The molecule has 0 saturated heterocycles. The molecule has 1 aliphatic carbocycles. The number of terminal acetylenes is 1. The molecule has 0 aromatic heterocycles. The van der Waals surface area contributed by atoms with Crippen LogP contribution in [-0.2, 0) is 21.2 Å². The summed E-state index contributed by atoms with van der Waals surface area (Å²) in [5.41, 5.74) is 2.97. The van der Waals surface area contributed by atoms with Crippen molar-refractivity contribution < 1.29 is 13.2 Å². The van der Waals surface area contributed by atoms with Crippen molar-refractivity contribution in [3.63, 3.8) is 0 Å². The molecule has 7 heteroatoms. The molecule has 164 valence electrons. The van der Waals surface area contributed by atoms with Crippen molar-refractivity contribution in [2.45, 2.75) is 37.6 Å². The highest BCUT2D eigenvalue weighted by Crippen LogP contribution is 2.35.